The van der Waals surface area contributed by atoms with Crippen LogP contribution in [0.25, 0.3) is 0 Å². The predicted octanol–water partition coefficient (Wildman–Crippen LogP) is 2.92. The number of rotatable bonds is 7. The third-order valence-corrected chi connectivity index (χ3v) is 3.42. The van der Waals surface area contributed by atoms with Gasteiger partial charge in [-0.3, -0.25) is 4.79 Å². The Morgan fingerprint density at radius 2 is 1.88 bits per heavy atom. The Hall–Kier alpha value is -2.73. The number of halogens is 1. The summed E-state index contributed by atoms with van der Waals surface area (Å²) in [5, 5.41) is 7.33. The lowest BCUT2D eigenvalue weighted by atomic mass is 10.2. The molecule has 0 fully saturated rings. The summed E-state index contributed by atoms with van der Waals surface area (Å²) < 4.78 is 10.4. The molecule has 0 atom stereocenters. The zero-order valence-electron chi connectivity index (χ0n) is 13.4. The first kappa shape index (κ1) is 17.6. The monoisotopic (exact) mass is 347 g/mol. The molecule has 0 radical (unpaired) electrons. The number of nitrogens with zero attached hydrogens (tertiary/aromatic N) is 1. The summed E-state index contributed by atoms with van der Waals surface area (Å²) in [6.07, 6.45) is 1.46. The van der Waals surface area contributed by atoms with Crippen molar-refractivity contribution in [3.63, 3.8) is 0 Å². The molecule has 0 saturated heterocycles. The van der Waals surface area contributed by atoms with Gasteiger partial charge in [0.15, 0.2) is 0 Å². The molecule has 0 heterocycles. The molecule has 0 aliphatic heterocycles. The van der Waals surface area contributed by atoms with Gasteiger partial charge in [0.05, 0.1) is 32.0 Å². The van der Waals surface area contributed by atoms with Crippen LogP contribution in [0.1, 0.15) is 5.56 Å². The molecular formula is C17H18ClN3O3. The van der Waals surface area contributed by atoms with Crippen LogP contribution in [0.15, 0.2) is 47.6 Å². The third-order valence-electron chi connectivity index (χ3n) is 3.12. The van der Waals surface area contributed by atoms with Gasteiger partial charge in [0.2, 0.25) is 0 Å². The van der Waals surface area contributed by atoms with Gasteiger partial charge in [0.1, 0.15) is 11.5 Å². The fourth-order valence-corrected chi connectivity index (χ4v) is 2.19. The molecule has 2 aromatic carbocycles. The number of benzene rings is 2. The van der Waals surface area contributed by atoms with Gasteiger partial charge < -0.3 is 14.8 Å². The summed E-state index contributed by atoms with van der Waals surface area (Å²) in [5.41, 5.74) is 3.92. The van der Waals surface area contributed by atoms with Gasteiger partial charge in [-0.2, -0.15) is 5.10 Å². The van der Waals surface area contributed by atoms with Crippen LogP contribution in [0.4, 0.5) is 5.69 Å². The predicted molar refractivity (Wildman–Crippen MR) is 95.2 cm³/mol. The Balaban J connectivity index is 1.93. The second-order valence-corrected chi connectivity index (χ2v) is 5.15. The Morgan fingerprint density at radius 3 is 2.54 bits per heavy atom. The zero-order chi connectivity index (χ0) is 17.4. The Labute approximate surface area is 145 Å². The van der Waals surface area contributed by atoms with Crippen molar-refractivity contribution in [2.24, 2.45) is 5.10 Å². The van der Waals surface area contributed by atoms with Crippen LogP contribution in [-0.4, -0.2) is 32.9 Å². The van der Waals surface area contributed by atoms with Crippen LogP contribution in [0.2, 0.25) is 5.02 Å². The van der Waals surface area contributed by atoms with Crippen molar-refractivity contribution in [3.8, 4) is 11.5 Å². The highest BCUT2D eigenvalue weighted by molar-refractivity contribution is 6.32. The molecule has 2 aromatic rings. The molecule has 7 heteroatoms. The largest absolute Gasteiger partial charge is 0.496 e. The minimum absolute atomic E-state index is 0.113. The molecule has 0 saturated carbocycles. The molecular weight excluding hydrogens is 330 g/mol. The molecule has 126 valence electrons. The smallest absolute Gasteiger partial charge is 0.259 e. The van der Waals surface area contributed by atoms with Crippen molar-refractivity contribution >= 4 is 29.4 Å². The van der Waals surface area contributed by atoms with E-state index in [9.17, 15) is 4.79 Å². The molecule has 0 unspecified atom stereocenters. The number of nitrogens with one attached hydrogen (secondary N) is 2. The van der Waals surface area contributed by atoms with E-state index in [1.807, 2.05) is 30.3 Å². The summed E-state index contributed by atoms with van der Waals surface area (Å²) in [7, 11) is 3.05. The quantitative estimate of drug-likeness (QED) is 0.596. The first-order chi connectivity index (χ1) is 11.6. The van der Waals surface area contributed by atoms with Crippen LogP contribution in [-0.2, 0) is 4.79 Å². The van der Waals surface area contributed by atoms with E-state index in [4.69, 9.17) is 21.1 Å². The number of carbonyl (C=O) groups is 1. The van der Waals surface area contributed by atoms with Crippen LogP contribution in [0, 0.1) is 0 Å². The number of carbonyl (C=O) groups excluding carboxylic acids is 1. The van der Waals surface area contributed by atoms with E-state index in [2.05, 4.69) is 15.8 Å². The second-order valence-electron chi connectivity index (χ2n) is 4.74. The van der Waals surface area contributed by atoms with E-state index in [1.165, 1.54) is 20.4 Å². The lowest BCUT2D eigenvalue weighted by Gasteiger charge is -2.09. The highest BCUT2D eigenvalue weighted by Crippen LogP contribution is 2.31. The highest BCUT2D eigenvalue weighted by Gasteiger charge is 2.08. The van der Waals surface area contributed by atoms with Crippen molar-refractivity contribution in [2.45, 2.75) is 0 Å². The summed E-state index contributed by atoms with van der Waals surface area (Å²) in [6, 6.07) is 12.7. The maximum absolute atomic E-state index is 11.8. The normalized spacial score (nSPS) is 10.5. The fourth-order valence-electron chi connectivity index (χ4n) is 1.94. The molecule has 0 aliphatic carbocycles. The summed E-state index contributed by atoms with van der Waals surface area (Å²) in [5.74, 6) is 0.770. The number of anilines is 1. The summed E-state index contributed by atoms with van der Waals surface area (Å²) >= 11 is 6.08. The standard InChI is InChI=1S/C17H18ClN3O3/c1-23-15-9-16(24-2)14(18)8-12(15)10-20-21-17(22)11-19-13-6-4-3-5-7-13/h3-10,19H,11H2,1-2H3,(H,21,22)/b20-10-. The molecule has 24 heavy (non-hydrogen) atoms. The average molecular weight is 348 g/mol. The van der Waals surface area contributed by atoms with Crippen molar-refractivity contribution in [3.05, 3.63) is 53.1 Å². The number of ether oxygens (including phenoxy) is 2. The molecule has 1 amide bonds. The first-order valence-electron chi connectivity index (χ1n) is 7.16. The average Bonchev–Trinajstić information content (AvgIpc) is 2.61. The summed E-state index contributed by atoms with van der Waals surface area (Å²) in [6.45, 7) is 0.113. The lowest BCUT2D eigenvalue weighted by molar-refractivity contribution is -0.119. The van der Waals surface area contributed by atoms with Crippen molar-refractivity contribution in [2.75, 3.05) is 26.1 Å². The minimum Gasteiger partial charge on any atom is -0.496 e. The van der Waals surface area contributed by atoms with Gasteiger partial charge in [0.25, 0.3) is 5.91 Å². The van der Waals surface area contributed by atoms with Gasteiger partial charge in [-0.05, 0) is 18.2 Å². The Morgan fingerprint density at radius 1 is 1.17 bits per heavy atom. The van der Waals surface area contributed by atoms with E-state index in [-0.39, 0.29) is 12.5 Å². The van der Waals surface area contributed by atoms with Gasteiger partial charge in [-0.25, -0.2) is 5.43 Å². The number of hydrazone groups is 1. The van der Waals surface area contributed by atoms with Crippen LogP contribution >= 0.6 is 11.6 Å². The van der Waals surface area contributed by atoms with E-state index < -0.39 is 0 Å². The van der Waals surface area contributed by atoms with Crippen LogP contribution in [0.3, 0.4) is 0 Å². The van der Waals surface area contributed by atoms with Gasteiger partial charge >= 0.3 is 0 Å². The Kier molecular flexibility index (Phi) is 6.45. The minimum atomic E-state index is -0.270. The molecule has 2 rings (SSSR count). The van der Waals surface area contributed by atoms with Crippen molar-refractivity contribution in [1.29, 1.82) is 0 Å². The van der Waals surface area contributed by atoms with Crippen LogP contribution < -0.4 is 20.2 Å². The molecule has 0 aliphatic rings. The number of hydrogen-bond acceptors (Lipinski definition) is 5. The summed E-state index contributed by atoms with van der Waals surface area (Å²) in [4.78, 5) is 11.8. The zero-order valence-corrected chi connectivity index (χ0v) is 14.1. The van der Waals surface area contributed by atoms with Gasteiger partial charge in [-0.1, -0.05) is 29.8 Å². The van der Waals surface area contributed by atoms with Crippen molar-refractivity contribution < 1.29 is 14.3 Å². The van der Waals surface area contributed by atoms with Gasteiger partial charge in [0, 0.05) is 17.3 Å². The topological polar surface area (TPSA) is 72.0 Å². The number of para-hydroxylation sites is 1. The van der Waals surface area contributed by atoms with Gasteiger partial charge in [-0.15, -0.1) is 0 Å². The molecule has 0 aromatic heterocycles. The SMILES string of the molecule is COc1cc(OC)c(/C=N\NC(=O)CNc2ccccc2)cc1Cl. The first-order valence-corrected chi connectivity index (χ1v) is 7.54. The number of methoxy groups -OCH3 is 2. The maximum Gasteiger partial charge on any atom is 0.259 e. The number of amides is 1. The second kappa shape index (κ2) is 8.79. The van der Waals surface area contributed by atoms with E-state index in [1.54, 1.807) is 12.1 Å². The molecule has 0 spiro atoms. The van der Waals surface area contributed by atoms with Crippen LogP contribution in [0.5, 0.6) is 11.5 Å². The Bertz CT molecular complexity index is 721. The van der Waals surface area contributed by atoms with Crippen molar-refractivity contribution in [1.82, 2.24) is 5.43 Å². The number of hydrogen-bond donors (Lipinski definition) is 2. The third kappa shape index (κ3) is 4.89. The maximum atomic E-state index is 11.8. The molecule has 0 bridgehead atoms. The highest BCUT2D eigenvalue weighted by atomic mass is 35.5. The van der Waals surface area contributed by atoms with E-state index in [0.29, 0.717) is 22.1 Å². The lowest BCUT2D eigenvalue weighted by Crippen LogP contribution is -2.25. The molecule has 2 N–H and O–H groups in total. The van der Waals surface area contributed by atoms with E-state index >= 15 is 0 Å². The van der Waals surface area contributed by atoms with E-state index in [0.717, 1.165) is 5.69 Å². The fraction of sp³-hybridized carbons (Fsp3) is 0.176. The molecule has 6 nitrogen and oxygen atoms in total.